The predicted octanol–water partition coefficient (Wildman–Crippen LogP) is 1.42. The highest BCUT2D eigenvalue weighted by Gasteiger charge is 2.04. The van der Waals surface area contributed by atoms with Gasteiger partial charge in [0.1, 0.15) is 0 Å². The molecule has 0 saturated heterocycles. The topological polar surface area (TPSA) is 60.9 Å². The molecule has 0 amide bonds. The summed E-state index contributed by atoms with van der Waals surface area (Å²) in [5.41, 5.74) is 2.30. The van der Waals surface area contributed by atoms with Crippen molar-refractivity contribution in [2.75, 3.05) is 6.61 Å². The van der Waals surface area contributed by atoms with Crippen LogP contribution in [-0.2, 0) is 6.54 Å². The van der Waals surface area contributed by atoms with Crippen molar-refractivity contribution < 1.29 is 5.11 Å². The maximum atomic E-state index is 8.82. The molecule has 86 valence electrons. The van der Waals surface area contributed by atoms with Crippen molar-refractivity contribution in [3.63, 3.8) is 0 Å². The number of rotatable bonds is 5. The molecule has 16 heavy (non-hydrogen) atoms. The van der Waals surface area contributed by atoms with E-state index in [4.69, 9.17) is 5.11 Å². The van der Waals surface area contributed by atoms with Crippen molar-refractivity contribution in [1.82, 2.24) is 15.5 Å². The molecule has 1 heterocycles. The van der Waals surface area contributed by atoms with E-state index in [9.17, 15) is 0 Å². The summed E-state index contributed by atoms with van der Waals surface area (Å²) in [6.07, 6.45) is 2.61. The number of aromatic amines is 1. The minimum absolute atomic E-state index is 0.225. The van der Waals surface area contributed by atoms with Gasteiger partial charge in [-0.05, 0) is 18.9 Å². The van der Waals surface area contributed by atoms with E-state index in [0.29, 0.717) is 6.04 Å². The Hall–Kier alpha value is -1.39. The molecular formula is C12H17N3O. The van der Waals surface area contributed by atoms with E-state index in [2.05, 4.69) is 28.5 Å². The van der Waals surface area contributed by atoms with Gasteiger partial charge in [-0.2, -0.15) is 5.10 Å². The molecular weight excluding hydrogens is 202 g/mol. The molecule has 0 bridgehead atoms. The summed E-state index contributed by atoms with van der Waals surface area (Å²) < 4.78 is 0. The fraction of sp³-hybridized carbons (Fsp3) is 0.417. The van der Waals surface area contributed by atoms with Crippen molar-refractivity contribution in [1.29, 1.82) is 0 Å². The summed E-state index contributed by atoms with van der Waals surface area (Å²) in [5, 5.41) is 20.4. The molecule has 0 saturated carbocycles. The molecule has 0 spiro atoms. The summed E-state index contributed by atoms with van der Waals surface area (Å²) in [4.78, 5) is 0. The Morgan fingerprint density at radius 3 is 3.19 bits per heavy atom. The second-order valence-corrected chi connectivity index (χ2v) is 4.05. The second kappa shape index (κ2) is 5.09. The van der Waals surface area contributed by atoms with Crippen molar-refractivity contribution in [2.24, 2.45) is 0 Å². The molecule has 0 fully saturated rings. The van der Waals surface area contributed by atoms with E-state index >= 15 is 0 Å². The highest BCUT2D eigenvalue weighted by Crippen LogP contribution is 2.15. The fourth-order valence-electron chi connectivity index (χ4n) is 1.76. The number of fused-ring (bicyclic) bond motifs is 1. The third-order valence-electron chi connectivity index (χ3n) is 2.77. The molecule has 4 nitrogen and oxygen atoms in total. The number of hydrogen-bond acceptors (Lipinski definition) is 3. The minimum Gasteiger partial charge on any atom is -0.396 e. The van der Waals surface area contributed by atoms with Crippen LogP contribution in [0.15, 0.2) is 24.4 Å². The molecule has 0 aliphatic rings. The number of aromatic nitrogens is 2. The number of nitrogens with one attached hydrogen (secondary N) is 2. The first kappa shape index (κ1) is 11.1. The number of aliphatic hydroxyl groups excluding tert-OH is 1. The van der Waals surface area contributed by atoms with Gasteiger partial charge in [0.2, 0.25) is 0 Å². The van der Waals surface area contributed by atoms with Crippen LogP contribution in [0.3, 0.4) is 0 Å². The number of nitrogens with zero attached hydrogens (tertiary/aromatic N) is 1. The van der Waals surface area contributed by atoms with E-state index < -0.39 is 0 Å². The maximum absolute atomic E-state index is 8.82. The summed E-state index contributed by atoms with van der Waals surface area (Å²) in [6, 6.07) is 6.48. The fourth-order valence-corrected chi connectivity index (χ4v) is 1.76. The molecule has 2 aromatic rings. The lowest BCUT2D eigenvalue weighted by Gasteiger charge is -2.12. The van der Waals surface area contributed by atoms with Gasteiger partial charge in [0.15, 0.2) is 0 Å². The highest BCUT2D eigenvalue weighted by atomic mass is 16.3. The maximum Gasteiger partial charge on any atom is 0.0695 e. The largest absolute Gasteiger partial charge is 0.396 e. The lowest BCUT2D eigenvalue weighted by Crippen LogP contribution is -2.26. The quantitative estimate of drug-likeness (QED) is 0.712. The first-order valence-corrected chi connectivity index (χ1v) is 5.56. The molecule has 1 aromatic carbocycles. The van der Waals surface area contributed by atoms with Crippen molar-refractivity contribution >= 4 is 10.9 Å². The van der Waals surface area contributed by atoms with Crippen LogP contribution in [0.25, 0.3) is 10.9 Å². The molecule has 4 heteroatoms. The van der Waals surface area contributed by atoms with Crippen molar-refractivity contribution in [2.45, 2.75) is 25.9 Å². The van der Waals surface area contributed by atoms with Crippen molar-refractivity contribution in [3.8, 4) is 0 Å². The Kier molecular flexibility index (Phi) is 3.54. The number of aliphatic hydroxyl groups is 1. The minimum atomic E-state index is 0.225. The third-order valence-corrected chi connectivity index (χ3v) is 2.77. The van der Waals surface area contributed by atoms with Crippen LogP contribution in [0.4, 0.5) is 0 Å². The second-order valence-electron chi connectivity index (χ2n) is 4.05. The van der Waals surface area contributed by atoms with Gasteiger partial charge in [-0.3, -0.25) is 5.10 Å². The standard InChI is InChI=1S/C12H17N3O/c1-9(5-6-16)13-7-10-3-2-4-11-8-14-15-12(10)11/h2-4,8-9,13,16H,5-7H2,1H3,(H,14,15). The Bertz CT molecular complexity index is 452. The lowest BCUT2D eigenvalue weighted by atomic mass is 10.1. The highest BCUT2D eigenvalue weighted by molar-refractivity contribution is 5.81. The molecule has 0 radical (unpaired) electrons. The van der Waals surface area contributed by atoms with E-state index in [1.807, 2.05) is 18.3 Å². The van der Waals surface area contributed by atoms with Crippen LogP contribution in [0, 0.1) is 0 Å². The van der Waals surface area contributed by atoms with E-state index in [1.165, 1.54) is 5.56 Å². The van der Waals surface area contributed by atoms with Gasteiger partial charge in [-0.15, -0.1) is 0 Å². The predicted molar refractivity (Wildman–Crippen MR) is 64.1 cm³/mol. The molecule has 2 rings (SSSR count). The molecule has 0 aliphatic heterocycles. The first-order chi connectivity index (χ1) is 7.81. The molecule has 1 aromatic heterocycles. The van der Waals surface area contributed by atoms with Gasteiger partial charge in [-0.1, -0.05) is 18.2 Å². The van der Waals surface area contributed by atoms with Crippen LogP contribution < -0.4 is 5.32 Å². The Labute approximate surface area is 94.7 Å². The Morgan fingerprint density at radius 2 is 2.38 bits per heavy atom. The molecule has 1 unspecified atom stereocenters. The van der Waals surface area contributed by atoms with Gasteiger partial charge in [0, 0.05) is 24.6 Å². The normalized spacial score (nSPS) is 13.1. The van der Waals surface area contributed by atoms with Crippen LogP contribution in [0.1, 0.15) is 18.9 Å². The van der Waals surface area contributed by atoms with Crippen LogP contribution in [0.2, 0.25) is 0 Å². The van der Waals surface area contributed by atoms with Crippen molar-refractivity contribution in [3.05, 3.63) is 30.0 Å². The Morgan fingerprint density at radius 1 is 1.50 bits per heavy atom. The van der Waals surface area contributed by atoms with Gasteiger partial charge >= 0.3 is 0 Å². The SMILES string of the molecule is CC(CCO)NCc1cccc2cn[nH]c12. The number of benzene rings is 1. The smallest absolute Gasteiger partial charge is 0.0695 e. The van der Waals surface area contributed by atoms with Gasteiger partial charge < -0.3 is 10.4 Å². The van der Waals surface area contributed by atoms with E-state index in [1.54, 1.807) is 0 Å². The summed E-state index contributed by atoms with van der Waals surface area (Å²) >= 11 is 0. The molecule has 0 aliphatic carbocycles. The van der Waals surface area contributed by atoms with Crippen LogP contribution in [-0.4, -0.2) is 28.0 Å². The average molecular weight is 219 g/mol. The summed E-state index contributed by atoms with van der Waals surface area (Å²) in [6.45, 7) is 3.09. The number of H-pyrrole nitrogens is 1. The van der Waals surface area contributed by atoms with Crippen LogP contribution >= 0.6 is 0 Å². The van der Waals surface area contributed by atoms with Gasteiger partial charge in [0.25, 0.3) is 0 Å². The summed E-state index contributed by atoms with van der Waals surface area (Å²) in [5.74, 6) is 0. The Balaban J connectivity index is 2.06. The van der Waals surface area contributed by atoms with E-state index in [0.717, 1.165) is 23.9 Å². The lowest BCUT2D eigenvalue weighted by molar-refractivity contribution is 0.269. The zero-order valence-corrected chi connectivity index (χ0v) is 9.40. The zero-order chi connectivity index (χ0) is 11.4. The van der Waals surface area contributed by atoms with E-state index in [-0.39, 0.29) is 6.61 Å². The summed E-state index contributed by atoms with van der Waals surface area (Å²) in [7, 11) is 0. The average Bonchev–Trinajstić information content (AvgIpc) is 2.75. The molecule has 1 atom stereocenters. The zero-order valence-electron chi connectivity index (χ0n) is 9.40. The van der Waals surface area contributed by atoms with Gasteiger partial charge in [-0.25, -0.2) is 0 Å². The van der Waals surface area contributed by atoms with Crippen LogP contribution in [0.5, 0.6) is 0 Å². The number of para-hydroxylation sites is 1. The monoisotopic (exact) mass is 219 g/mol. The molecule has 3 N–H and O–H groups in total. The first-order valence-electron chi connectivity index (χ1n) is 5.56. The van der Waals surface area contributed by atoms with Gasteiger partial charge in [0.05, 0.1) is 11.7 Å². The third kappa shape index (κ3) is 2.40. The number of hydrogen-bond donors (Lipinski definition) is 3.